The van der Waals surface area contributed by atoms with E-state index < -0.39 is 0 Å². The van der Waals surface area contributed by atoms with Crippen LogP contribution in [0, 0.1) is 23.7 Å². The number of piperidine rings is 1. The molecule has 3 aromatic rings. The maximum absolute atomic E-state index is 6.01. The van der Waals surface area contributed by atoms with E-state index in [4.69, 9.17) is 16.3 Å². The van der Waals surface area contributed by atoms with Gasteiger partial charge < -0.3 is 4.74 Å². The first-order chi connectivity index (χ1) is 16.7. The minimum atomic E-state index is 0.731. The van der Waals surface area contributed by atoms with E-state index in [1.807, 2.05) is 66.9 Å². The third kappa shape index (κ3) is 6.00. The van der Waals surface area contributed by atoms with Crippen LogP contribution < -0.4 is 4.74 Å². The molecule has 4 heteroatoms. The number of ether oxygens (including phenoxy) is 1. The zero-order valence-electron chi connectivity index (χ0n) is 19.6. The van der Waals surface area contributed by atoms with Crippen molar-refractivity contribution >= 4 is 11.6 Å². The van der Waals surface area contributed by atoms with Gasteiger partial charge in [0.05, 0.1) is 0 Å². The van der Waals surface area contributed by atoms with Crippen LogP contribution in [0.4, 0.5) is 0 Å². The molecular formula is C30H31ClN2O. The number of halogens is 1. The summed E-state index contributed by atoms with van der Waals surface area (Å²) in [5.41, 5.74) is 3.84. The van der Waals surface area contributed by atoms with Gasteiger partial charge >= 0.3 is 0 Å². The number of rotatable bonds is 5. The van der Waals surface area contributed by atoms with Crippen molar-refractivity contribution in [3.05, 3.63) is 83.1 Å². The number of hydrogen-bond donors (Lipinski definition) is 0. The van der Waals surface area contributed by atoms with Crippen molar-refractivity contribution in [1.82, 2.24) is 9.88 Å². The number of aromatic nitrogens is 1. The summed E-state index contributed by atoms with van der Waals surface area (Å²) >= 11 is 5.97. The summed E-state index contributed by atoms with van der Waals surface area (Å²) in [5.74, 6) is 9.15. The van der Waals surface area contributed by atoms with Crippen LogP contribution in [0.1, 0.15) is 43.4 Å². The fraction of sp³-hybridized carbons (Fsp3) is 0.367. The second kappa shape index (κ2) is 11.1. The molecule has 1 aliphatic carbocycles. The predicted molar refractivity (Wildman–Crippen MR) is 139 cm³/mol. The molecule has 2 atom stereocenters. The highest BCUT2D eigenvalue weighted by molar-refractivity contribution is 6.30. The molecule has 0 radical (unpaired) electrons. The van der Waals surface area contributed by atoms with Crippen LogP contribution in [0.25, 0.3) is 11.1 Å². The second-order valence-electron chi connectivity index (χ2n) is 9.46. The Bertz CT molecular complexity index is 1130. The lowest BCUT2D eigenvalue weighted by molar-refractivity contribution is 0.0766. The first-order valence-electron chi connectivity index (χ1n) is 12.4. The molecule has 0 amide bonds. The van der Waals surface area contributed by atoms with Gasteiger partial charge in [-0.3, -0.25) is 4.90 Å². The molecule has 174 valence electrons. The number of fused-ring (bicyclic) bond motifs is 1. The number of pyridine rings is 1. The van der Waals surface area contributed by atoms with Crippen LogP contribution in [0.5, 0.6) is 5.75 Å². The summed E-state index contributed by atoms with van der Waals surface area (Å²) in [7, 11) is 0. The SMILES string of the molecule is Clc1ccc(-c2ccc(C#Cc3ccc(OCCN4CC[C@H]5CCCC[C@H]5C4)cc3)nc2)cc1. The van der Waals surface area contributed by atoms with Crippen molar-refractivity contribution in [3.63, 3.8) is 0 Å². The molecule has 2 aliphatic rings. The summed E-state index contributed by atoms with van der Waals surface area (Å²) in [6, 6.07) is 19.8. The molecule has 1 aliphatic heterocycles. The number of hydrogen-bond acceptors (Lipinski definition) is 3. The van der Waals surface area contributed by atoms with Crippen LogP contribution in [0.15, 0.2) is 66.9 Å². The van der Waals surface area contributed by atoms with Crippen LogP contribution in [-0.2, 0) is 0 Å². The average molecular weight is 471 g/mol. The minimum absolute atomic E-state index is 0.731. The molecule has 2 aromatic carbocycles. The van der Waals surface area contributed by atoms with Gasteiger partial charge in [-0.1, -0.05) is 55.0 Å². The smallest absolute Gasteiger partial charge is 0.119 e. The molecule has 0 bridgehead atoms. The van der Waals surface area contributed by atoms with Crippen molar-refractivity contribution in [2.75, 3.05) is 26.2 Å². The molecule has 5 rings (SSSR count). The van der Waals surface area contributed by atoms with Crippen molar-refractivity contribution in [2.45, 2.75) is 32.1 Å². The summed E-state index contributed by atoms with van der Waals surface area (Å²) < 4.78 is 6.01. The van der Waals surface area contributed by atoms with Gasteiger partial charge in [-0.25, -0.2) is 4.98 Å². The number of benzene rings is 2. The van der Waals surface area contributed by atoms with Gasteiger partial charge in [0.2, 0.25) is 0 Å². The van der Waals surface area contributed by atoms with E-state index in [9.17, 15) is 0 Å². The molecule has 34 heavy (non-hydrogen) atoms. The minimum Gasteiger partial charge on any atom is -0.492 e. The van der Waals surface area contributed by atoms with Crippen LogP contribution in [0.3, 0.4) is 0 Å². The third-order valence-corrected chi connectivity index (χ3v) is 7.43. The predicted octanol–water partition coefficient (Wildman–Crippen LogP) is 6.69. The molecule has 1 saturated heterocycles. The Hall–Kier alpha value is -2.80. The maximum Gasteiger partial charge on any atom is 0.119 e. The van der Waals surface area contributed by atoms with Crippen LogP contribution in [-0.4, -0.2) is 36.1 Å². The van der Waals surface area contributed by atoms with Crippen LogP contribution >= 0.6 is 11.6 Å². The standard InChI is InChI=1S/C30H31ClN2O/c31-28-11-8-25(9-12-28)26-10-14-29(32-21-26)13-5-23-6-15-30(16-7-23)34-20-19-33-18-17-24-3-1-2-4-27(24)22-33/h6-12,14-16,21,24,27H,1-4,17-20,22H2/t24-,27+/m1/s1. The number of nitrogens with zero attached hydrogens (tertiary/aromatic N) is 2. The first kappa shape index (κ1) is 23.0. The average Bonchev–Trinajstić information content (AvgIpc) is 2.89. The highest BCUT2D eigenvalue weighted by Crippen LogP contribution is 2.35. The maximum atomic E-state index is 6.01. The normalized spacial score (nSPS) is 20.1. The summed E-state index contributed by atoms with van der Waals surface area (Å²) in [6.45, 7) is 4.25. The summed E-state index contributed by atoms with van der Waals surface area (Å²) in [4.78, 5) is 7.08. The topological polar surface area (TPSA) is 25.4 Å². The fourth-order valence-corrected chi connectivity index (χ4v) is 5.35. The van der Waals surface area contributed by atoms with E-state index in [-0.39, 0.29) is 0 Å². The van der Waals surface area contributed by atoms with E-state index in [1.54, 1.807) is 0 Å². The molecule has 0 spiro atoms. The van der Waals surface area contributed by atoms with E-state index in [2.05, 4.69) is 21.7 Å². The quantitative estimate of drug-likeness (QED) is 0.388. The zero-order chi connectivity index (χ0) is 23.2. The van der Waals surface area contributed by atoms with Crippen molar-refractivity contribution in [1.29, 1.82) is 0 Å². The fourth-order valence-electron chi connectivity index (χ4n) is 5.22. The number of likely N-dealkylation sites (tertiary alicyclic amines) is 1. The monoisotopic (exact) mass is 470 g/mol. The highest BCUT2D eigenvalue weighted by atomic mass is 35.5. The van der Waals surface area contributed by atoms with E-state index in [1.165, 1.54) is 45.2 Å². The summed E-state index contributed by atoms with van der Waals surface area (Å²) in [5, 5.41) is 0.731. The lowest BCUT2D eigenvalue weighted by Gasteiger charge is -2.41. The van der Waals surface area contributed by atoms with Gasteiger partial charge in [0.1, 0.15) is 18.1 Å². The van der Waals surface area contributed by atoms with Crippen LogP contribution in [0.2, 0.25) is 5.02 Å². The van der Waals surface area contributed by atoms with Gasteiger partial charge in [-0.2, -0.15) is 0 Å². The molecule has 2 fully saturated rings. The van der Waals surface area contributed by atoms with E-state index in [0.717, 1.165) is 58.1 Å². The molecule has 0 N–H and O–H groups in total. The molecule has 2 heterocycles. The van der Waals surface area contributed by atoms with E-state index in [0.29, 0.717) is 0 Å². The largest absolute Gasteiger partial charge is 0.492 e. The Morgan fingerprint density at radius 3 is 2.38 bits per heavy atom. The van der Waals surface area contributed by atoms with Gasteiger partial charge in [-0.15, -0.1) is 0 Å². The Balaban J connectivity index is 1.10. The Morgan fingerprint density at radius 2 is 1.62 bits per heavy atom. The molecule has 0 unspecified atom stereocenters. The molecule has 3 nitrogen and oxygen atoms in total. The Labute approximate surface area is 208 Å². The molecule has 1 aromatic heterocycles. The molecule has 1 saturated carbocycles. The lowest BCUT2D eigenvalue weighted by atomic mass is 9.75. The molecular weight excluding hydrogens is 440 g/mol. The summed E-state index contributed by atoms with van der Waals surface area (Å²) in [6.07, 6.45) is 8.96. The second-order valence-corrected chi connectivity index (χ2v) is 9.89. The first-order valence-corrected chi connectivity index (χ1v) is 12.8. The van der Waals surface area contributed by atoms with Gasteiger partial charge in [0.25, 0.3) is 0 Å². The highest BCUT2D eigenvalue weighted by Gasteiger charge is 2.30. The van der Waals surface area contributed by atoms with Gasteiger partial charge in [0.15, 0.2) is 0 Å². The van der Waals surface area contributed by atoms with Gasteiger partial charge in [0, 0.05) is 35.4 Å². The van der Waals surface area contributed by atoms with Crippen molar-refractivity contribution < 1.29 is 4.74 Å². The Morgan fingerprint density at radius 1 is 0.853 bits per heavy atom. The zero-order valence-corrected chi connectivity index (χ0v) is 20.3. The Kier molecular flexibility index (Phi) is 7.49. The van der Waals surface area contributed by atoms with Gasteiger partial charge in [-0.05, 0) is 85.2 Å². The third-order valence-electron chi connectivity index (χ3n) is 7.18. The van der Waals surface area contributed by atoms with E-state index >= 15 is 0 Å². The van der Waals surface area contributed by atoms with Crippen molar-refractivity contribution in [2.24, 2.45) is 11.8 Å². The van der Waals surface area contributed by atoms with Crippen molar-refractivity contribution in [3.8, 4) is 28.7 Å². The lowest BCUT2D eigenvalue weighted by Crippen LogP contribution is -2.43.